The minimum atomic E-state index is -0.118. The summed E-state index contributed by atoms with van der Waals surface area (Å²) >= 11 is 0. The molecule has 0 radical (unpaired) electrons. The molecule has 1 rings (SSSR count). The van der Waals surface area contributed by atoms with Crippen molar-refractivity contribution in [3.8, 4) is 0 Å². The molecule has 1 heterocycles. The zero-order valence-corrected chi connectivity index (χ0v) is 8.47. The quantitative estimate of drug-likeness (QED) is 0.727. The van der Waals surface area contributed by atoms with E-state index in [4.69, 9.17) is 5.11 Å². The smallest absolute Gasteiger partial charge is 0.217 e. The molecule has 0 bridgehead atoms. The Morgan fingerprint density at radius 2 is 2.00 bits per heavy atom. The zero-order chi connectivity index (χ0) is 10.8. The molecule has 4 heteroatoms. The van der Waals surface area contributed by atoms with Gasteiger partial charge in [-0.05, 0) is 19.1 Å². The van der Waals surface area contributed by atoms with E-state index in [1.165, 1.54) is 6.92 Å². The van der Waals surface area contributed by atoms with Crippen LogP contribution in [-0.2, 0) is 4.79 Å². The predicted molar refractivity (Wildman–Crippen MR) is 54.6 cm³/mol. The van der Waals surface area contributed by atoms with Gasteiger partial charge in [0.15, 0.2) is 0 Å². The topological polar surface area (TPSA) is 62.2 Å². The highest BCUT2D eigenvalue weighted by atomic mass is 16.3. The monoisotopic (exact) mass is 196 g/mol. The molecule has 1 aromatic rings. The van der Waals surface area contributed by atoms with E-state index in [2.05, 4.69) is 10.3 Å². The third-order valence-corrected chi connectivity index (χ3v) is 1.29. The molecule has 0 aliphatic carbocycles. The minimum absolute atomic E-state index is 0.000417. The average molecular weight is 196 g/mol. The predicted octanol–water partition coefficient (Wildman–Crippen LogP) is 0.585. The van der Waals surface area contributed by atoms with Gasteiger partial charge in [-0.3, -0.25) is 9.78 Å². The molecule has 1 aromatic heterocycles. The third-order valence-electron chi connectivity index (χ3n) is 1.29. The van der Waals surface area contributed by atoms with Crippen LogP contribution in [0.2, 0.25) is 0 Å². The van der Waals surface area contributed by atoms with E-state index in [1.54, 1.807) is 19.3 Å². The van der Waals surface area contributed by atoms with E-state index in [9.17, 15) is 4.79 Å². The minimum Gasteiger partial charge on any atom is -0.394 e. The fourth-order valence-corrected chi connectivity index (χ4v) is 0.705. The number of rotatable bonds is 2. The van der Waals surface area contributed by atoms with Crippen molar-refractivity contribution in [3.05, 3.63) is 30.6 Å². The van der Waals surface area contributed by atoms with E-state index >= 15 is 0 Å². The number of carbonyl (C=O) groups excluding carboxylic acids is 1. The van der Waals surface area contributed by atoms with Crippen LogP contribution >= 0.6 is 0 Å². The van der Waals surface area contributed by atoms with Crippen molar-refractivity contribution in [1.29, 1.82) is 0 Å². The fourth-order valence-electron chi connectivity index (χ4n) is 0.705. The number of hydrogen-bond acceptors (Lipinski definition) is 3. The summed E-state index contributed by atoms with van der Waals surface area (Å²) in [6.07, 6.45) is 3.50. The molecule has 0 saturated carbocycles. The zero-order valence-electron chi connectivity index (χ0n) is 8.47. The van der Waals surface area contributed by atoms with E-state index in [-0.39, 0.29) is 18.6 Å². The Morgan fingerprint density at radius 1 is 1.43 bits per heavy atom. The molecule has 0 aliphatic heterocycles. The van der Waals surface area contributed by atoms with E-state index in [0.29, 0.717) is 0 Å². The lowest BCUT2D eigenvalue weighted by atomic mass is 10.4. The Hall–Kier alpha value is -1.42. The van der Waals surface area contributed by atoms with E-state index in [0.717, 1.165) is 0 Å². The first kappa shape index (κ1) is 12.6. The Labute approximate surface area is 84.0 Å². The number of aromatic nitrogens is 1. The van der Waals surface area contributed by atoms with Crippen molar-refractivity contribution in [1.82, 2.24) is 10.3 Å². The number of hydrogen-bond donors (Lipinski definition) is 2. The summed E-state index contributed by atoms with van der Waals surface area (Å²) in [5, 5.41) is 10.9. The maximum absolute atomic E-state index is 10.2. The summed E-state index contributed by atoms with van der Waals surface area (Å²) in [5.74, 6) is -0.105. The second kappa shape index (κ2) is 8.19. The molecule has 0 unspecified atom stereocenters. The molecule has 78 valence electrons. The van der Waals surface area contributed by atoms with Crippen molar-refractivity contribution in [2.45, 2.75) is 19.9 Å². The van der Waals surface area contributed by atoms with Gasteiger partial charge in [0, 0.05) is 25.4 Å². The van der Waals surface area contributed by atoms with Gasteiger partial charge < -0.3 is 10.4 Å². The van der Waals surface area contributed by atoms with Gasteiger partial charge in [-0.1, -0.05) is 6.07 Å². The summed E-state index contributed by atoms with van der Waals surface area (Å²) in [6, 6.07) is 5.60. The number of nitrogens with one attached hydrogen (secondary N) is 1. The molecular weight excluding hydrogens is 180 g/mol. The molecule has 2 N–H and O–H groups in total. The molecule has 0 spiro atoms. The van der Waals surface area contributed by atoms with Gasteiger partial charge in [0.1, 0.15) is 0 Å². The molecule has 0 aliphatic rings. The molecule has 0 saturated heterocycles. The van der Waals surface area contributed by atoms with Gasteiger partial charge in [-0.25, -0.2) is 0 Å². The third kappa shape index (κ3) is 8.67. The summed E-state index contributed by atoms with van der Waals surface area (Å²) in [5.41, 5.74) is 0. The number of amides is 1. The molecule has 1 atom stereocenters. The highest BCUT2D eigenvalue weighted by Gasteiger charge is 1.97. The summed E-state index contributed by atoms with van der Waals surface area (Å²) < 4.78 is 0. The summed E-state index contributed by atoms with van der Waals surface area (Å²) in [4.78, 5) is 14.0. The van der Waals surface area contributed by atoms with Crippen molar-refractivity contribution in [2.24, 2.45) is 0 Å². The van der Waals surface area contributed by atoms with Crippen LogP contribution in [0.5, 0.6) is 0 Å². The first-order valence-electron chi connectivity index (χ1n) is 4.39. The van der Waals surface area contributed by atoms with Crippen molar-refractivity contribution >= 4 is 5.91 Å². The van der Waals surface area contributed by atoms with Gasteiger partial charge in [0.25, 0.3) is 0 Å². The van der Waals surface area contributed by atoms with Crippen molar-refractivity contribution in [3.63, 3.8) is 0 Å². The van der Waals surface area contributed by atoms with Crippen LogP contribution < -0.4 is 5.32 Å². The van der Waals surface area contributed by atoms with Crippen LogP contribution in [0.3, 0.4) is 0 Å². The van der Waals surface area contributed by atoms with Crippen LogP contribution in [0.25, 0.3) is 0 Å². The van der Waals surface area contributed by atoms with Gasteiger partial charge in [0.2, 0.25) is 5.91 Å². The largest absolute Gasteiger partial charge is 0.394 e. The number of carbonyl (C=O) groups is 1. The lowest BCUT2D eigenvalue weighted by Crippen LogP contribution is -2.32. The molecule has 4 nitrogen and oxygen atoms in total. The first-order valence-corrected chi connectivity index (χ1v) is 4.39. The highest BCUT2D eigenvalue weighted by molar-refractivity contribution is 5.73. The van der Waals surface area contributed by atoms with Crippen molar-refractivity contribution < 1.29 is 9.90 Å². The van der Waals surface area contributed by atoms with Crippen LogP contribution in [-0.4, -0.2) is 28.6 Å². The molecular formula is C10H16N2O2. The van der Waals surface area contributed by atoms with Gasteiger partial charge in [-0.2, -0.15) is 0 Å². The second-order valence-electron chi connectivity index (χ2n) is 2.81. The highest BCUT2D eigenvalue weighted by Crippen LogP contribution is 1.75. The van der Waals surface area contributed by atoms with E-state index < -0.39 is 0 Å². The van der Waals surface area contributed by atoms with E-state index in [1.807, 2.05) is 18.2 Å². The van der Waals surface area contributed by atoms with Gasteiger partial charge in [-0.15, -0.1) is 0 Å². The Bertz CT molecular complexity index is 212. The number of nitrogens with zero attached hydrogens (tertiary/aromatic N) is 1. The number of aliphatic hydroxyl groups is 1. The van der Waals surface area contributed by atoms with Gasteiger partial charge >= 0.3 is 0 Å². The van der Waals surface area contributed by atoms with Crippen LogP contribution in [0, 0.1) is 0 Å². The maximum Gasteiger partial charge on any atom is 0.217 e. The Morgan fingerprint density at radius 3 is 2.14 bits per heavy atom. The summed E-state index contributed by atoms with van der Waals surface area (Å²) in [7, 11) is 0. The Balaban J connectivity index is 0.000000249. The Kier molecular flexibility index (Phi) is 7.36. The fraction of sp³-hybridized carbons (Fsp3) is 0.400. The first-order chi connectivity index (χ1) is 6.66. The lowest BCUT2D eigenvalue weighted by Gasteiger charge is -2.06. The normalized spacial score (nSPS) is 10.8. The lowest BCUT2D eigenvalue weighted by molar-refractivity contribution is -0.119. The second-order valence-corrected chi connectivity index (χ2v) is 2.81. The number of aliphatic hydroxyl groups excluding tert-OH is 1. The van der Waals surface area contributed by atoms with Crippen LogP contribution in [0.1, 0.15) is 13.8 Å². The van der Waals surface area contributed by atoms with Crippen LogP contribution in [0.4, 0.5) is 0 Å². The molecule has 0 aromatic carbocycles. The molecule has 0 fully saturated rings. The van der Waals surface area contributed by atoms with Crippen molar-refractivity contribution in [2.75, 3.05) is 6.61 Å². The SMILES string of the molecule is CC(=O)N[C@H](C)CO.c1ccncc1. The molecule has 14 heavy (non-hydrogen) atoms. The number of pyridine rings is 1. The summed E-state index contributed by atoms with van der Waals surface area (Å²) in [6.45, 7) is 3.16. The average Bonchev–Trinajstić information content (AvgIpc) is 2.20. The standard InChI is InChI=1S/C5H11NO2.C5H5N/c1-4(3-7)6-5(2)8;1-2-4-6-5-3-1/h4,7H,3H2,1-2H3,(H,6,8);1-5H/t4-;/m1./s1. The van der Waals surface area contributed by atoms with Crippen LogP contribution in [0.15, 0.2) is 30.6 Å². The van der Waals surface area contributed by atoms with Gasteiger partial charge in [0.05, 0.1) is 6.61 Å². The maximum atomic E-state index is 10.2. The molecule has 1 amide bonds.